The Balaban J connectivity index is 2.99. The molecule has 2 amide bonds. The average Bonchev–Trinajstić information content (AvgIpc) is 2.33. The molecule has 0 aliphatic heterocycles. The van der Waals surface area contributed by atoms with Gasteiger partial charge in [-0.1, -0.05) is 0 Å². The molecular formula is C15H23N3O4S. The molecule has 0 aliphatic carbocycles. The fourth-order valence-corrected chi connectivity index (χ4v) is 2.76. The molecule has 1 aromatic rings. The molecule has 0 aliphatic rings. The molecule has 23 heavy (non-hydrogen) atoms. The van der Waals surface area contributed by atoms with Gasteiger partial charge in [-0.05, 0) is 45.0 Å². The summed E-state index contributed by atoms with van der Waals surface area (Å²) in [5.41, 5.74) is 0.453. The van der Waals surface area contributed by atoms with E-state index in [1.807, 2.05) is 20.8 Å². The van der Waals surface area contributed by atoms with Crippen LogP contribution in [-0.4, -0.2) is 38.6 Å². The van der Waals surface area contributed by atoms with Gasteiger partial charge in [0.1, 0.15) is 6.54 Å². The molecule has 8 heteroatoms. The Morgan fingerprint density at radius 2 is 1.65 bits per heavy atom. The summed E-state index contributed by atoms with van der Waals surface area (Å²) in [6, 6.07) is 6.24. The van der Waals surface area contributed by atoms with E-state index in [-0.39, 0.29) is 12.5 Å². The number of amides is 2. The molecular weight excluding hydrogens is 318 g/mol. The number of benzene rings is 1. The summed E-state index contributed by atoms with van der Waals surface area (Å²) in [5, 5.41) is 5.32. The summed E-state index contributed by atoms with van der Waals surface area (Å²) in [5.74, 6) is -0.615. The number of rotatable bonds is 5. The SMILES string of the molecule is CC(=O)Nc1ccc(N(CC(=O)NC(C)(C)C)S(C)(=O)=O)cc1. The van der Waals surface area contributed by atoms with Crippen LogP contribution in [0, 0.1) is 0 Å². The van der Waals surface area contributed by atoms with Gasteiger partial charge >= 0.3 is 0 Å². The lowest BCUT2D eigenvalue weighted by Gasteiger charge is -2.25. The Hall–Kier alpha value is -2.09. The molecule has 128 valence electrons. The van der Waals surface area contributed by atoms with Crippen LogP contribution < -0.4 is 14.9 Å². The second kappa shape index (κ2) is 6.99. The first-order chi connectivity index (χ1) is 10.4. The van der Waals surface area contributed by atoms with Gasteiger partial charge in [-0.2, -0.15) is 0 Å². The first-order valence-electron chi connectivity index (χ1n) is 7.05. The van der Waals surface area contributed by atoms with Crippen LogP contribution in [0.15, 0.2) is 24.3 Å². The van der Waals surface area contributed by atoms with Crippen molar-refractivity contribution < 1.29 is 18.0 Å². The van der Waals surface area contributed by atoms with Crippen LogP contribution in [0.1, 0.15) is 27.7 Å². The molecule has 0 radical (unpaired) electrons. The van der Waals surface area contributed by atoms with E-state index < -0.39 is 21.5 Å². The number of carbonyl (C=O) groups excluding carboxylic acids is 2. The smallest absolute Gasteiger partial charge is 0.241 e. The standard InChI is InChI=1S/C15H23N3O4S/c1-11(19)16-12-6-8-13(9-7-12)18(23(5,21)22)10-14(20)17-15(2,3)4/h6-9H,10H2,1-5H3,(H,16,19)(H,17,20). The van der Waals surface area contributed by atoms with Gasteiger partial charge in [0.25, 0.3) is 0 Å². The highest BCUT2D eigenvalue weighted by molar-refractivity contribution is 7.92. The largest absolute Gasteiger partial charge is 0.350 e. The van der Waals surface area contributed by atoms with E-state index >= 15 is 0 Å². The lowest BCUT2D eigenvalue weighted by molar-refractivity contribution is -0.121. The zero-order chi connectivity index (χ0) is 17.8. The molecule has 0 saturated carbocycles. The number of nitrogens with one attached hydrogen (secondary N) is 2. The molecule has 0 bridgehead atoms. The summed E-state index contributed by atoms with van der Waals surface area (Å²) in [7, 11) is -3.62. The van der Waals surface area contributed by atoms with Crippen molar-refractivity contribution in [2.45, 2.75) is 33.2 Å². The molecule has 0 heterocycles. The third-order valence-electron chi connectivity index (χ3n) is 2.68. The van der Waals surface area contributed by atoms with Crippen molar-refractivity contribution in [3.8, 4) is 0 Å². The van der Waals surface area contributed by atoms with Crippen molar-refractivity contribution in [2.24, 2.45) is 0 Å². The molecule has 0 fully saturated rings. The third-order valence-corrected chi connectivity index (χ3v) is 3.82. The van der Waals surface area contributed by atoms with Gasteiger partial charge < -0.3 is 10.6 Å². The summed E-state index contributed by atoms with van der Waals surface area (Å²) in [4.78, 5) is 23.0. The predicted octanol–water partition coefficient (Wildman–Crippen LogP) is 1.33. The van der Waals surface area contributed by atoms with E-state index in [1.54, 1.807) is 12.1 Å². The van der Waals surface area contributed by atoms with E-state index in [4.69, 9.17) is 0 Å². The van der Waals surface area contributed by atoms with Crippen LogP contribution >= 0.6 is 0 Å². The summed E-state index contributed by atoms with van der Waals surface area (Å²) < 4.78 is 25.0. The first-order valence-corrected chi connectivity index (χ1v) is 8.90. The summed E-state index contributed by atoms with van der Waals surface area (Å²) in [6.07, 6.45) is 1.04. The van der Waals surface area contributed by atoms with Gasteiger partial charge in [-0.25, -0.2) is 8.42 Å². The first kappa shape index (κ1) is 19.0. The normalized spacial score (nSPS) is 11.7. The Morgan fingerprint density at radius 1 is 1.13 bits per heavy atom. The van der Waals surface area contributed by atoms with Crippen LogP contribution in [0.2, 0.25) is 0 Å². The molecule has 0 unspecified atom stereocenters. The number of hydrogen-bond acceptors (Lipinski definition) is 4. The minimum absolute atomic E-state index is 0.220. The van der Waals surface area contributed by atoms with E-state index in [2.05, 4.69) is 10.6 Å². The van der Waals surface area contributed by atoms with Gasteiger partial charge in [0.2, 0.25) is 21.8 Å². The van der Waals surface area contributed by atoms with Gasteiger partial charge in [-0.3, -0.25) is 13.9 Å². The van der Waals surface area contributed by atoms with Crippen LogP contribution in [-0.2, 0) is 19.6 Å². The van der Waals surface area contributed by atoms with Gasteiger partial charge in [0.05, 0.1) is 11.9 Å². The summed E-state index contributed by atoms with van der Waals surface area (Å²) in [6.45, 7) is 6.52. The van der Waals surface area contributed by atoms with Crippen molar-refractivity contribution >= 4 is 33.2 Å². The number of nitrogens with zero attached hydrogens (tertiary/aromatic N) is 1. The molecule has 1 aromatic carbocycles. The monoisotopic (exact) mass is 341 g/mol. The molecule has 0 aromatic heterocycles. The number of anilines is 2. The van der Waals surface area contributed by atoms with Crippen LogP contribution in [0.25, 0.3) is 0 Å². The lowest BCUT2D eigenvalue weighted by Crippen LogP contribution is -2.47. The molecule has 2 N–H and O–H groups in total. The highest BCUT2D eigenvalue weighted by Gasteiger charge is 2.23. The lowest BCUT2D eigenvalue weighted by atomic mass is 10.1. The van der Waals surface area contributed by atoms with Crippen LogP contribution in [0.5, 0.6) is 0 Å². The second-order valence-corrected chi connectivity index (χ2v) is 8.20. The quantitative estimate of drug-likeness (QED) is 0.844. The van der Waals surface area contributed by atoms with Crippen molar-refractivity contribution in [3.05, 3.63) is 24.3 Å². The molecule has 7 nitrogen and oxygen atoms in total. The Morgan fingerprint density at radius 3 is 2.04 bits per heavy atom. The summed E-state index contributed by atoms with van der Waals surface area (Å²) >= 11 is 0. The zero-order valence-electron chi connectivity index (χ0n) is 14.0. The Kier molecular flexibility index (Phi) is 5.76. The molecule has 0 atom stereocenters. The fraction of sp³-hybridized carbons (Fsp3) is 0.467. The van der Waals surface area contributed by atoms with Crippen LogP contribution in [0.3, 0.4) is 0 Å². The molecule has 0 saturated heterocycles. The topological polar surface area (TPSA) is 95.6 Å². The van der Waals surface area contributed by atoms with Crippen molar-refractivity contribution in [2.75, 3.05) is 22.4 Å². The van der Waals surface area contributed by atoms with Crippen LogP contribution in [0.4, 0.5) is 11.4 Å². The van der Waals surface area contributed by atoms with E-state index in [1.165, 1.54) is 19.1 Å². The highest BCUT2D eigenvalue weighted by Crippen LogP contribution is 2.20. The number of sulfonamides is 1. The van der Waals surface area contributed by atoms with E-state index in [0.717, 1.165) is 10.6 Å². The predicted molar refractivity (Wildman–Crippen MR) is 90.8 cm³/mol. The Bertz CT molecular complexity index is 676. The van der Waals surface area contributed by atoms with Gasteiger partial charge in [0.15, 0.2) is 0 Å². The maximum absolute atomic E-state index is 12.0. The highest BCUT2D eigenvalue weighted by atomic mass is 32.2. The average molecular weight is 341 g/mol. The zero-order valence-corrected chi connectivity index (χ0v) is 14.8. The Labute approximate surface area is 137 Å². The van der Waals surface area contributed by atoms with Gasteiger partial charge in [0, 0.05) is 18.2 Å². The van der Waals surface area contributed by atoms with Crippen molar-refractivity contribution in [3.63, 3.8) is 0 Å². The maximum Gasteiger partial charge on any atom is 0.241 e. The van der Waals surface area contributed by atoms with Crippen molar-refractivity contribution in [1.82, 2.24) is 5.32 Å². The fourth-order valence-electron chi connectivity index (χ4n) is 1.90. The molecule has 0 spiro atoms. The number of hydrogen-bond donors (Lipinski definition) is 2. The maximum atomic E-state index is 12.0. The minimum Gasteiger partial charge on any atom is -0.350 e. The van der Waals surface area contributed by atoms with E-state index in [9.17, 15) is 18.0 Å². The van der Waals surface area contributed by atoms with Crippen molar-refractivity contribution in [1.29, 1.82) is 0 Å². The third kappa shape index (κ3) is 6.68. The van der Waals surface area contributed by atoms with E-state index in [0.29, 0.717) is 11.4 Å². The number of carbonyl (C=O) groups is 2. The molecule has 1 rings (SSSR count). The minimum atomic E-state index is -3.62. The second-order valence-electron chi connectivity index (χ2n) is 6.30. The van der Waals surface area contributed by atoms with Gasteiger partial charge in [-0.15, -0.1) is 0 Å².